The molecule has 0 bridgehead atoms. The van der Waals surface area contributed by atoms with Gasteiger partial charge in [-0.15, -0.1) is 0 Å². The van der Waals surface area contributed by atoms with Crippen molar-refractivity contribution < 1.29 is 0 Å². The van der Waals surface area contributed by atoms with Gasteiger partial charge in [-0.25, -0.2) is 4.98 Å². The average molecular weight is 271 g/mol. The summed E-state index contributed by atoms with van der Waals surface area (Å²) < 4.78 is 2.02. The van der Waals surface area contributed by atoms with E-state index in [2.05, 4.69) is 39.7 Å². The predicted molar refractivity (Wildman–Crippen MR) is 81.6 cm³/mol. The molecule has 0 aliphatic heterocycles. The molecule has 0 aliphatic rings. The molecular formula is C16H10AlN3. The van der Waals surface area contributed by atoms with Gasteiger partial charge < -0.3 is 3.55 Å². The number of rotatable bonds is 1. The van der Waals surface area contributed by atoms with E-state index in [0.29, 0.717) is 0 Å². The van der Waals surface area contributed by atoms with E-state index in [-0.39, 0.29) is 0 Å². The van der Waals surface area contributed by atoms with Crippen LogP contribution in [0.25, 0.3) is 33.3 Å². The molecule has 3 nitrogen and oxygen atoms in total. The number of benzene rings is 2. The molecule has 0 atom stereocenters. The lowest BCUT2D eigenvalue weighted by Crippen LogP contribution is -1.97. The van der Waals surface area contributed by atoms with Gasteiger partial charge in [0.15, 0.2) is 0 Å². The molecule has 92 valence electrons. The highest BCUT2D eigenvalue weighted by molar-refractivity contribution is 6.14. The average Bonchev–Trinajstić information content (AvgIpc) is 2.84. The van der Waals surface area contributed by atoms with E-state index in [0.717, 1.165) is 27.9 Å². The van der Waals surface area contributed by atoms with Crippen LogP contribution in [-0.2, 0) is 0 Å². The zero-order valence-electron chi connectivity index (χ0n) is 10.7. The minimum atomic E-state index is 0.869. The number of imidazole rings is 1. The largest absolute Gasteiger partial charge is 0.435 e. The van der Waals surface area contributed by atoms with Gasteiger partial charge in [0.2, 0.25) is 0 Å². The highest BCUT2D eigenvalue weighted by Crippen LogP contribution is 2.27. The Balaban J connectivity index is 2.09. The highest BCUT2D eigenvalue weighted by atomic mass is 27.1. The van der Waals surface area contributed by atoms with Crippen molar-refractivity contribution in [3.05, 3.63) is 60.8 Å². The topological polar surface area (TPSA) is 30.7 Å². The molecule has 0 amide bonds. The van der Waals surface area contributed by atoms with Crippen molar-refractivity contribution >= 4 is 38.3 Å². The normalized spacial score (nSPS) is 11.2. The van der Waals surface area contributed by atoms with E-state index in [1.165, 1.54) is 5.39 Å². The van der Waals surface area contributed by atoms with Gasteiger partial charge in [-0.05, 0) is 23.6 Å². The smallest absolute Gasteiger partial charge is 0.320 e. The second kappa shape index (κ2) is 4.45. The van der Waals surface area contributed by atoms with E-state index in [1.807, 2.05) is 46.1 Å². The van der Waals surface area contributed by atoms with Crippen LogP contribution in [0, 0.1) is 0 Å². The Kier molecular flexibility index (Phi) is 2.59. The van der Waals surface area contributed by atoms with Crippen LogP contribution in [0.5, 0.6) is 0 Å². The molecule has 0 spiro atoms. The summed E-state index contributed by atoms with van der Waals surface area (Å²) >= 11 is 2.73. The predicted octanol–water partition coefficient (Wildman–Crippen LogP) is 3.18. The first kappa shape index (κ1) is 11.7. The number of hydrogen-bond donors (Lipinski definition) is 0. The molecule has 0 unspecified atom stereocenters. The number of pyridine rings is 1. The molecule has 0 fully saturated rings. The third-order valence-corrected chi connectivity index (χ3v) is 4.00. The van der Waals surface area contributed by atoms with Gasteiger partial charge >= 0.3 is 16.5 Å². The zero-order chi connectivity index (χ0) is 13.5. The molecule has 4 rings (SSSR count). The van der Waals surface area contributed by atoms with Crippen molar-refractivity contribution in [3.63, 3.8) is 0 Å². The first-order chi connectivity index (χ1) is 9.84. The molecule has 0 N–H and O–H groups in total. The summed E-state index contributed by atoms with van der Waals surface area (Å²) in [7, 11) is 0. The minimum absolute atomic E-state index is 0.869. The maximum absolute atomic E-state index is 4.71. The Hall–Kier alpha value is -2.15. The quantitative estimate of drug-likeness (QED) is 0.498. The second-order valence-electron chi connectivity index (χ2n) is 4.67. The van der Waals surface area contributed by atoms with Crippen LogP contribution in [0.15, 0.2) is 60.8 Å². The van der Waals surface area contributed by atoms with Crippen LogP contribution in [0.3, 0.4) is 0 Å². The summed E-state index contributed by atoms with van der Waals surface area (Å²) in [5, 5.41) is 2.29. The van der Waals surface area contributed by atoms with Crippen molar-refractivity contribution in [1.82, 2.24) is 13.5 Å². The van der Waals surface area contributed by atoms with Gasteiger partial charge in [0.05, 0.1) is 5.52 Å². The fraction of sp³-hybridized carbons (Fsp3) is 0. The lowest BCUT2D eigenvalue weighted by Gasteiger charge is -2.06. The summed E-state index contributed by atoms with van der Waals surface area (Å²) in [6, 6.07) is 18.4. The van der Waals surface area contributed by atoms with Crippen LogP contribution in [0.4, 0.5) is 0 Å². The molecule has 2 aromatic heterocycles. The fourth-order valence-corrected chi connectivity index (χ4v) is 2.91. The molecule has 2 radical (unpaired) electrons. The number of nitrogens with zero attached hydrogens (tertiary/aromatic N) is 3. The number of para-hydroxylation sites is 2. The standard InChI is InChI=1S/C16H10N3.Al/c1-2-6-12-11(5-1)9-10-17-15(12)16-18-13-7-3-4-8-14(13)19-16;/h1-10H;/q-1;+1. The Bertz CT molecular complexity index is 922. The van der Waals surface area contributed by atoms with Crippen molar-refractivity contribution in [2.45, 2.75) is 0 Å². The van der Waals surface area contributed by atoms with Gasteiger partial charge in [-0.1, -0.05) is 36.4 Å². The van der Waals surface area contributed by atoms with Crippen LogP contribution in [0.2, 0.25) is 0 Å². The molecular weight excluding hydrogens is 261 g/mol. The minimum Gasteiger partial charge on any atom is -0.435 e. The van der Waals surface area contributed by atoms with Gasteiger partial charge in [-0.3, -0.25) is 4.98 Å². The number of aromatic nitrogens is 3. The summed E-state index contributed by atoms with van der Waals surface area (Å²) in [4.78, 5) is 9.25. The third-order valence-electron chi connectivity index (χ3n) is 3.48. The maximum atomic E-state index is 4.71. The summed E-state index contributed by atoms with van der Waals surface area (Å²) in [5.41, 5.74) is 2.98. The zero-order valence-corrected chi connectivity index (χ0v) is 11.8. The first-order valence-electron chi connectivity index (χ1n) is 6.41. The van der Waals surface area contributed by atoms with Gasteiger partial charge in [0.1, 0.15) is 11.5 Å². The Labute approximate surface area is 124 Å². The van der Waals surface area contributed by atoms with Gasteiger partial charge in [0.25, 0.3) is 0 Å². The van der Waals surface area contributed by atoms with Crippen LogP contribution in [0.1, 0.15) is 0 Å². The lowest BCUT2D eigenvalue weighted by atomic mass is 10.1. The molecule has 4 aromatic rings. The van der Waals surface area contributed by atoms with E-state index >= 15 is 0 Å². The Morgan fingerprint density at radius 3 is 2.60 bits per heavy atom. The summed E-state index contributed by atoms with van der Waals surface area (Å²) in [6.07, 6.45) is 1.84. The van der Waals surface area contributed by atoms with Crippen LogP contribution < -0.4 is 0 Å². The van der Waals surface area contributed by atoms with E-state index in [4.69, 9.17) is 4.98 Å². The van der Waals surface area contributed by atoms with Gasteiger partial charge in [-0.2, -0.15) is 0 Å². The molecule has 20 heavy (non-hydrogen) atoms. The Morgan fingerprint density at radius 1 is 0.900 bits per heavy atom. The van der Waals surface area contributed by atoms with Crippen LogP contribution >= 0.6 is 0 Å². The van der Waals surface area contributed by atoms with E-state index in [9.17, 15) is 0 Å². The molecule has 4 heteroatoms. The fourth-order valence-electron chi connectivity index (χ4n) is 2.51. The van der Waals surface area contributed by atoms with Crippen molar-refractivity contribution in [2.75, 3.05) is 0 Å². The molecule has 0 saturated carbocycles. The van der Waals surface area contributed by atoms with Gasteiger partial charge in [0, 0.05) is 17.1 Å². The lowest BCUT2D eigenvalue weighted by molar-refractivity contribution is 1.20. The highest BCUT2D eigenvalue weighted by Gasteiger charge is 2.11. The monoisotopic (exact) mass is 271 g/mol. The van der Waals surface area contributed by atoms with Crippen molar-refractivity contribution in [2.24, 2.45) is 0 Å². The molecule has 2 aromatic carbocycles. The molecule has 2 heterocycles. The second-order valence-corrected chi connectivity index (χ2v) is 5.19. The molecule has 0 saturated heterocycles. The maximum Gasteiger partial charge on any atom is 0.320 e. The van der Waals surface area contributed by atoms with Crippen molar-refractivity contribution in [1.29, 1.82) is 0 Å². The first-order valence-corrected chi connectivity index (χ1v) is 6.93. The summed E-state index contributed by atoms with van der Waals surface area (Å²) in [5.74, 6) is 0.869. The number of fused-ring (bicyclic) bond motifs is 2. The molecule has 0 aliphatic carbocycles. The van der Waals surface area contributed by atoms with Crippen LogP contribution in [-0.4, -0.2) is 30.0 Å². The summed E-state index contributed by atoms with van der Waals surface area (Å²) in [6.45, 7) is 0. The number of hydrogen-bond acceptors (Lipinski definition) is 2. The Morgan fingerprint density at radius 2 is 1.70 bits per heavy atom. The van der Waals surface area contributed by atoms with Crippen molar-refractivity contribution in [3.8, 4) is 11.5 Å². The SMILES string of the molecule is [Al][n]1c(-c2nccc3ccccc23)nc2ccccc21. The third kappa shape index (κ3) is 1.66. The van der Waals surface area contributed by atoms with E-state index < -0.39 is 0 Å². The van der Waals surface area contributed by atoms with E-state index in [1.54, 1.807) is 0 Å².